The molecule has 0 aliphatic heterocycles. The smallest absolute Gasteiger partial charge is 0.182 e. The predicted molar refractivity (Wildman–Crippen MR) is 73.8 cm³/mol. The van der Waals surface area contributed by atoms with Crippen molar-refractivity contribution in [2.75, 3.05) is 0 Å². The SMILES string of the molecule is O=S(=O)(Cc1cc(Cl)ccc1Cl)c1cccc(F)c1. The molecule has 0 saturated carbocycles. The van der Waals surface area contributed by atoms with Crippen molar-refractivity contribution in [3.63, 3.8) is 0 Å². The first-order valence-electron chi connectivity index (χ1n) is 5.31. The van der Waals surface area contributed by atoms with E-state index in [0.717, 1.165) is 6.07 Å². The van der Waals surface area contributed by atoms with E-state index in [9.17, 15) is 12.8 Å². The van der Waals surface area contributed by atoms with Gasteiger partial charge in [0.2, 0.25) is 0 Å². The van der Waals surface area contributed by atoms with Crippen molar-refractivity contribution in [2.45, 2.75) is 10.6 Å². The molecule has 2 nitrogen and oxygen atoms in total. The van der Waals surface area contributed by atoms with Gasteiger partial charge in [0, 0.05) is 10.0 Å². The fourth-order valence-electron chi connectivity index (χ4n) is 1.60. The molecule has 100 valence electrons. The monoisotopic (exact) mass is 318 g/mol. The van der Waals surface area contributed by atoms with E-state index < -0.39 is 15.7 Å². The highest BCUT2D eigenvalue weighted by atomic mass is 35.5. The quantitative estimate of drug-likeness (QED) is 0.853. The Bertz CT molecular complexity index is 714. The van der Waals surface area contributed by atoms with Crippen LogP contribution >= 0.6 is 23.2 Å². The van der Waals surface area contributed by atoms with Gasteiger partial charge >= 0.3 is 0 Å². The normalized spacial score (nSPS) is 11.5. The van der Waals surface area contributed by atoms with Crippen molar-refractivity contribution in [2.24, 2.45) is 0 Å². The lowest BCUT2D eigenvalue weighted by Gasteiger charge is -2.07. The molecule has 2 aromatic rings. The van der Waals surface area contributed by atoms with Crippen LogP contribution in [-0.4, -0.2) is 8.42 Å². The van der Waals surface area contributed by atoms with Crippen LogP contribution in [-0.2, 0) is 15.6 Å². The standard InChI is InChI=1S/C13H9Cl2FO2S/c14-10-4-5-13(15)9(6-10)8-19(17,18)12-3-1-2-11(16)7-12/h1-7H,8H2. The minimum absolute atomic E-state index is 0.0801. The number of rotatable bonds is 3. The number of sulfone groups is 1. The van der Waals surface area contributed by atoms with Gasteiger partial charge in [-0.25, -0.2) is 12.8 Å². The molecule has 0 aliphatic rings. The lowest BCUT2D eigenvalue weighted by molar-refractivity contribution is 0.590. The van der Waals surface area contributed by atoms with Crippen molar-refractivity contribution in [1.29, 1.82) is 0 Å². The van der Waals surface area contributed by atoms with Gasteiger partial charge in [0.1, 0.15) is 5.82 Å². The van der Waals surface area contributed by atoms with Crippen LogP contribution in [0, 0.1) is 5.82 Å². The van der Waals surface area contributed by atoms with Crippen LogP contribution in [0.25, 0.3) is 0 Å². The molecule has 0 atom stereocenters. The van der Waals surface area contributed by atoms with Crippen LogP contribution in [0.4, 0.5) is 4.39 Å². The van der Waals surface area contributed by atoms with Crippen LogP contribution in [0.1, 0.15) is 5.56 Å². The molecule has 19 heavy (non-hydrogen) atoms. The van der Waals surface area contributed by atoms with E-state index in [4.69, 9.17) is 23.2 Å². The number of halogens is 3. The lowest BCUT2D eigenvalue weighted by atomic mass is 10.2. The van der Waals surface area contributed by atoms with Gasteiger partial charge in [0.25, 0.3) is 0 Å². The highest BCUT2D eigenvalue weighted by molar-refractivity contribution is 7.90. The molecule has 0 heterocycles. The highest BCUT2D eigenvalue weighted by Crippen LogP contribution is 2.25. The van der Waals surface area contributed by atoms with E-state index in [1.54, 1.807) is 6.07 Å². The van der Waals surface area contributed by atoms with E-state index in [-0.39, 0.29) is 10.6 Å². The summed E-state index contributed by atoms with van der Waals surface area (Å²) >= 11 is 11.7. The number of hydrogen-bond acceptors (Lipinski definition) is 2. The first-order chi connectivity index (χ1) is 8.88. The number of hydrogen-bond donors (Lipinski definition) is 0. The highest BCUT2D eigenvalue weighted by Gasteiger charge is 2.17. The summed E-state index contributed by atoms with van der Waals surface area (Å²) in [7, 11) is -3.66. The Morgan fingerprint density at radius 1 is 1.05 bits per heavy atom. The Labute approximate surface area is 120 Å². The summed E-state index contributed by atoms with van der Waals surface area (Å²) in [6.07, 6.45) is 0. The van der Waals surface area contributed by atoms with E-state index >= 15 is 0 Å². The maximum Gasteiger partial charge on any atom is 0.182 e. The molecule has 2 aromatic carbocycles. The maximum atomic E-state index is 13.1. The fraction of sp³-hybridized carbons (Fsp3) is 0.0769. The van der Waals surface area contributed by atoms with E-state index in [0.29, 0.717) is 15.6 Å². The molecule has 0 spiro atoms. The summed E-state index contributed by atoms with van der Waals surface area (Å²) in [4.78, 5) is -0.0801. The van der Waals surface area contributed by atoms with Gasteiger partial charge in [-0.05, 0) is 42.0 Å². The Morgan fingerprint density at radius 3 is 2.47 bits per heavy atom. The minimum atomic E-state index is -3.66. The summed E-state index contributed by atoms with van der Waals surface area (Å²) in [5.74, 6) is -0.922. The summed E-state index contributed by atoms with van der Waals surface area (Å²) in [5, 5.41) is 0.707. The van der Waals surface area contributed by atoms with Crippen LogP contribution in [0.15, 0.2) is 47.4 Å². The molecule has 0 N–H and O–H groups in total. The third-order valence-electron chi connectivity index (χ3n) is 2.51. The van der Waals surface area contributed by atoms with Gasteiger partial charge in [-0.3, -0.25) is 0 Å². The van der Waals surface area contributed by atoms with Gasteiger partial charge in [0.05, 0.1) is 10.6 Å². The second-order valence-electron chi connectivity index (χ2n) is 3.95. The Kier molecular flexibility index (Phi) is 4.13. The van der Waals surface area contributed by atoms with Gasteiger partial charge < -0.3 is 0 Å². The first-order valence-corrected chi connectivity index (χ1v) is 7.71. The largest absolute Gasteiger partial charge is 0.223 e. The van der Waals surface area contributed by atoms with Crippen molar-refractivity contribution < 1.29 is 12.8 Å². The molecule has 0 bridgehead atoms. The Balaban J connectivity index is 2.39. The van der Waals surface area contributed by atoms with Crippen molar-refractivity contribution in [3.05, 3.63) is 63.9 Å². The van der Waals surface area contributed by atoms with E-state index in [1.165, 1.54) is 30.3 Å². The lowest BCUT2D eigenvalue weighted by Crippen LogP contribution is -2.05. The zero-order chi connectivity index (χ0) is 14.0. The fourth-order valence-corrected chi connectivity index (χ4v) is 3.45. The van der Waals surface area contributed by atoms with Gasteiger partial charge in [-0.15, -0.1) is 0 Å². The topological polar surface area (TPSA) is 34.1 Å². The molecule has 0 amide bonds. The molecule has 0 aromatic heterocycles. The second kappa shape index (κ2) is 5.49. The van der Waals surface area contributed by atoms with Gasteiger partial charge in [-0.2, -0.15) is 0 Å². The van der Waals surface area contributed by atoms with E-state index in [1.807, 2.05) is 0 Å². The Morgan fingerprint density at radius 2 is 1.79 bits per heavy atom. The molecule has 2 rings (SSSR count). The summed E-state index contributed by atoms with van der Waals surface area (Å²) in [6, 6.07) is 9.45. The summed E-state index contributed by atoms with van der Waals surface area (Å²) in [6.45, 7) is 0. The van der Waals surface area contributed by atoms with Crippen LogP contribution in [0.3, 0.4) is 0 Å². The summed E-state index contributed by atoms with van der Waals surface area (Å²) in [5.41, 5.74) is 0.387. The average molecular weight is 319 g/mol. The van der Waals surface area contributed by atoms with Crippen LogP contribution < -0.4 is 0 Å². The molecular weight excluding hydrogens is 310 g/mol. The van der Waals surface area contributed by atoms with Crippen LogP contribution in [0.2, 0.25) is 10.0 Å². The van der Waals surface area contributed by atoms with Crippen LogP contribution in [0.5, 0.6) is 0 Å². The molecule has 0 radical (unpaired) electrons. The predicted octanol–water partition coefficient (Wildman–Crippen LogP) is 4.11. The molecule has 0 aliphatic carbocycles. The van der Waals surface area contributed by atoms with Crippen molar-refractivity contribution >= 4 is 33.0 Å². The summed E-state index contributed by atoms with van der Waals surface area (Å²) < 4.78 is 37.4. The Hall–Kier alpha value is -1.10. The third kappa shape index (κ3) is 3.47. The first kappa shape index (κ1) is 14.3. The maximum absolute atomic E-state index is 13.1. The van der Waals surface area contributed by atoms with Crippen molar-refractivity contribution in [1.82, 2.24) is 0 Å². The second-order valence-corrected chi connectivity index (χ2v) is 6.79. The molecular formula is C13H9Cl2FO2S. The van der Waals surface area contributed by atoms with Crippen molar-refractivity contribution in [3.8, 4) is 0 Å². The molecule has 6 heteroatoms. The average Bonchev–Trinajstić information content (AvgIpc) is 2.33. The molecule has 0 fully saturated rings. The molecule has 0 saturated heterocycles. The molecule has 0 unspecified atom stereocenters. The third-order valence-corrected chi connectivity index (χ3v) is 4.78. The zero-order valence-corrected chi connectivity index (χ0v) is 11.9. The van der Waals surface area contributed by atoms with Gasteiger partial charge in [0.15, 0.2) is 9.84 Å². The van der Waals surface area contributed by atoms with E-state index in [2.05, 4.69) is 0 Å². The zero-order valence-electron chi connectivity index (χ0n) is 9.61. The minimum Gasteiger partial charge on any atom is -0.223 e. The number of benzene rings is 2. The van der Waals surface area contributed by atoms with Gasteiger partial charge in [-0.1, -0.05) is 29.3 Å².